The molecule has 0 amide bonds. The number of alkyl halides is 1. The first-order chi connectivity index (χ1) is 7.54. The third-order valence-electron chi connectivity index (χ3n) is 2.65. The van der Waals surface area contributed by atoms with Crippen molar-refractivity contribution >= 4 is 0 Å². The van der Waals surface area contributed by atoms with Crippen LogP contribution in [0.4, 0.5) is 4.39 Å². The summed E-state index contributed by atoms with van der Waals surface area (Å²) in [5.41, 5.74) is 1.35. The van der Waals surface area contributed by atoms with Crippen LogP contribution in [-0.2, 0) is 13.0 Å². The number of benzene rings is 1. The van der Waals surface area contributed by atoms with Crippen molar-refractivity contribution in [2.75, 3.05) is 13.2 Å². The molecule has 16 heavy (non-hydrogen) atoms. The Morgan fingerprint density at radius 3 is 2.94 bits per heavy atom. The van der Waals surface area contributed by atoms with Gasteiger partial charge < -0.3 is 10.1 Å². The summed E-state index contributed by atoms with van der Waals surface area (Å²) in [5.74, 6) is 0.770. The van der Waals surface area contributed by atoms with E-state index in [1.54, 1.807) is 0 Å². The van der Waals surface area contributed by atoms with Gasteiger partial charge in [0.2, 0.25) is 0 Å². The van der Waals surface area contributed by atoms with Crippen LogP contribution in [0.25, 0.3) is 0 Å². The second kappa shape index (κ2) is 4.42. The second-order valence-corrected chi connectivity index (χ2v) is 4.86. The molecule has 0 bridgehead atoms. The minimum atomic E-state index is -1.28. The van der Waals surface area contributed by atoms with Crippen molar-refractivity contribution in [1.29, 1.82) is 0 Å². The normalized spacial score (nSPS) is 15.7. The van der Waals surface area contributed by atoms with Gasteiger partial charge in [-0.15, -0.1) is 0 Å². The van der Waals surface area contributed by atoms with Gasteiger partial charge in [0, 0.05) is 6.54 Å². The fourth-order valence-corrected chi connectivity index (χ4v) is 1.80. The molecular weight excluding hydrogens is 205 g/mol. The fourth-order valence-electron chi connectivity index (χ4n) is 1.80. The molecular formula is C13H18FNO. The highest BCUT2D eigenvalue weighted by atomic mass is 19.1. The highest BCUT2D eigenvalue weighted by Gasteiger charge is 2.17. The number of ether oxygens (including phenoxy) is 1. The van der Waals surface area contributed by atoms with Gasteiger partial charge in [0.05, 0.1) is 0 Å². The standard InChI is InChI=1S/C13H18FNO/c1-13(2,14)9-16-12-4-3-11-8-15-6-5-10(11)7-12/h3-4,7,15H,5-6,8-9H2,1-2H3. The Bertz CT molecular complexity index is 371. The molecule has 3 heteroatoms. The first-order valence-corrected chi connectivity index (χ1v) is 5.69. The van der Waals surface area contributed by atoms with Gasteiger partial charge in [-0.25, -0.2) is 4.39 Å². The van der Waals surface area contributed by atoms with Crippen molar-refractivity contribution in [2.45, 2.75) is 32.5 Å². The smallest absolute Gasteiger partial charge is 0.139 e. The van der Waals surface area contributed by atoms with Crippen LogP contribution in [0.1, 0.15) is 25.0 Å². The average Bonchev–Trinajstić information content (AvgIpc) is 2.25. The van der Waals surface area contributed by atoms with E-state index in [1.165, 1.54) is 25.0 Å². The fraction of sp³-hybridized carbons (Fsp3) is 0.538. The molecule has 1 heterocycles. The van der Waals surface area contributed by atoms with E-state index in [0.717, 1.165) is 25.3 Å². The molecule has 0 aromatic heterocycles. The predicted octanol–water partition coefficient (Wildman–Crippen LogP) is 2.46. The topological polar surface area (TPSA) is 21.3 Å². The first-order valence-electron chi connectivity index (χ1n) is 5.69. The molecule has 0 saturated carbocycles. The molecule has 1 aliphatic heterocycles. The summed E-state index contributed by atoms with van der Waals surface area (Å²) in [6.07, 6.45) is 1.02. The maximum atomic E-state index is 13.3. The zero-order chi connectivity index (χ0) is 11.6. The van der Waals surface area contributed by atoms with Gasteiger partial charge in [-0.2, -0.15) is 0 Å². The van der Waals surface area contributed by atoms with E-state index in [-0.39, 0.29) is 6.61 Å². The third-order valence-corrected chi connectivity index (χ3v) is 2.65. The van der Waals surface area contributed by atoms with Crippen LogP contribution >= 0.6 is 0 Å². The molecule has 0 atom stereocenters. The highest BCUT2D eigenvalue weighted by molar-refractivity contribution is 5.37. The largest absolute Gasteiger partial charge is 0.490 e. The van der Waals surface area contributed by atoms with E-state index in [4.69, 9.17) is 4.74 Å². The Morgan fingerprint density at radius 1 is 1.38 bits per heavy atom. The third kappa shape index (κ3) is 2.95. The van der Waals surface area contributed by atoms with E-state index < -0.39 is 5.67 Å². The molecule has 88 valence electrons. The second-order valence-electron chi connectivity index (χ2n) is 4.86. The lowest BCUT2D eigenvalue weighted by atomic mass is 10.0. The Morgan fingerprint density at radius 2 is 2.19 bits per heavy atom. The van der Waals surface area contributed by atoms with Crippen LogP contribution in [0.3, 0.4) is 0 Å². The summed E-state index contributed by atoms with van der Waals surface area (Å²) in [4.78, 5) is 0. The van der Waals surface area contributed by atoms with E-state index in [1.807, 2.05) is 12.1 Å². The molecule has 2 nitrogen and oxygen atoms in total. The number of nitrogens with one attached hydrogen (secondary N) is 1. The zero-order valence-corrected chi connectivity index (χ0v) is 9.85. The molecule has 0 radical (unpaired) electrons. The number of hydrogen-bond donors (Lipinski definition) is 1. The maximum absolute atomic E-state index is 13.3. The molecule has 1 N–H and O–H groups in total. The van der Waals surface area contributed by atoms with Crippen molar-refractivity contribution in [3.63, 3.8) is 0 Å². The zero-order valence-electron chi connectivity index (χ0n) is 9.85. The van der Waals surface area contributed by atoms with Crippen molar-refractivity contribution in [3.8, 4) is 5.75 Å². The van der Waals surface area contributed by atoms with Crippen LogP contribution in [0.15, 0.2) is 18.2 Å². The van der Waals surface area contributed by atoms with E-state index in [0.29, 0.717) is 0 Å². The molecule has 0 unspecified atom stereocenters. The summed E-state index contributed by atoms with van der Waals surface area (Å²) < 4.78 is 18.7. The first kappa shape index (κ1) is 11.4. The molecule has 0 aliphatic carbocycles. The van der Waals surface area contributed by atoms with Gasteiger partial charge in [-0.3, -0.25) is 0 Å². The lowest BCUT2D eigenvalue weighted by molar-refractivity contribution is 0.120. The highest BCUT2D eigenvalue weighted by Crippen LogP contribution is 2.22. The molecule has 1 aromatic carbocycles. The van der Waals surface area contributed by atoms with Crippen LogP contribution in [0, 0.1) is 0 Å². The Labute approximate surface area is 95.8 Å². The van der Waals surface area contributed by atoms with E-state index >= 15 is 0 Å². The summed E-state index contributed by atoms with van der Waals surface area (Å²) in [6.45, 7) is 5.07. The number of hydrogen-bond acceptors (Lipinski definition) is 2. The lowest BCUT2D eigenvalue weighted by Crippen LogP contribution is -2.24. The number of fused-ring (bicyclic) bond motifs is 1. The van der Waals surface area contributed by atoms with Gasteiger partial charge in [0.1, 0.15) is 18.0 Å². The van der Waals surface area contributed by atoms with Gasteiger partial charge in [0.15, 0.2) is 0 Å². The van der Waals surface area contributed by atoms with Gasteiger partial charge in [0.25, 0.3) is 0 Å². The Hall–Kier alpha value is -1.09. The number of rotatable bonds is 3. The maximum Gasteiger partial charge on any atom is 0.139 e. The van der Waals surface area contributed by atoms with Crippen LogP contribution in [0.2, 0.25) is 0 Å². The predicted molar refractivity (Wildman–Crippen MR) is 62.5 cm³/mol. The van der Waals surface area contributed by atoms with Gasteiger partial charge in [-0.1, -0.05) is 6.07 Å². The van der Waals surface area contributed by atoms with Crippen molar-refractivity contribution < 1.29 is 9.13 Å². The number of halogens is 1. The van der Waals surface area contributed by atoms with Gasteiger partial charge in [-0.05, 0) is 50.1 Å². The van der Waals surface area contributed by atoms with Crippen molar-refractivity contribution in [3.05, 3.63) is 29.3 Å². The lowest BCUT2D eigenvalue weighted by Gasteiger charge is -2.19. The summed E-state index contributed by atoms with van der Waals surface area (Å²) in [7, 11) is 0. The Kier molecular flexibility index (Phi) is 3.15. The molecule has 1 aromatic rings. The average molecular weight is 223 g/mol. The molecule has 0 saturated heterocycles. The summed E-state index contributed by atoms with van der Waals surface area (Å²) >= 11 is 0. The van der Waals surface area contributed by atoms with Crippen LogP contribution < -0.4 is 10.1 Å². The monoisotopic (exact) mass is 223 g/mol. The van der Waals surface area contributed by atoms with Crippen LogP contribution in [0.5, 0.6) is 5.75 Å². The van der Waals surface area contributed by atoms with E-state index in [2.05, 4.69) is 11.4 Å². The van der Waals surface area contributed by atoms with Crippen molar-refractivity contribution in [2.24, 2.45) is 0 Å². The van der Waals surface area contributed by atoms with Gasteiger partial charge >= 0.3 is 0 Å². The van der Waals surface area contributed by atoms with Crippen molar-refractivity contribution in [1.82, 2.24) is 5.32 Å². The minimum absolute atomic E-state index is 0.101. The summed E-state index contributed by atoms with van der Waals surface area (Å²) in [6, 6.07) is 6.00. The molecule has 0 fully saturated rings. The SMILES string of the molecule is CC(C)(F)COc1ccc2c(c1)CCNC2. The molecule has 1 aliphatic rings. The minimum Gasteiger partial charge on any atom is -0.490 e. The van der Waals surface area contributed by atoms with E-state index in [9.17, 15) is 4.39 Å². The summed E-state index contributed by atoms with van der Waals surface area (Å²) in [5, 5.41) is 3.32. The molecule has 2 rings (SSSR count). The Balaban J connectivity index is 2.06. The molecule has 0 spiro atoms. The quantitative estimate of drug-likeness (QED) is 0.850. The van der Waals surface area contributed by atoms with Crippen LogP contribution in [-0.4, -0.2) is 18.8 Å².